The van der Waals surface area contributed by atoms with Crippen LogP contribution in [-0.2, 0) is 33.9 Å². The zero-order chi connectivity index (χ0) is 24.0. The number of carbonyl (C=O) groups is 3. The number of esters is 1. The number of aryl methyl sites for hydroxylation is 1. The lowest BCUT2D eigenvalue weighted by molar-refractivity contribution is -0.154. The van der Waals surface area contributed by atoms with Gasteiger partial charge in [0.1, 0.15) is 0 Å². The van der Waals surface area contributed by atoms with Gasteiger partial charge in [-0.1, -0.05) is 13.0 Å². The van der Waals surface area contributed by atoms with E-state index in [-0.39, 0.29) is 23.9 Å². The van der Waals surface area contributed by atoms with Gasteiger partial charge in [-0.25, -0.2) is 8.42 Å². The molecule has 2 saturated heterocycles. The number of likely N-dealkylation sites (tertiary alicyclic amines) is 1. The van der Waals surface area contributed by atoms with Crippen LogP contribution < -0.4 is 5.32 Å². The molecule has 0 radical (unpaired) electrons. The van der Waals surface area contributed by atoms with Gasteiger partial charge in [0.2, 0.25) is 15.9 Å². The normalized spacial score (nSPS) is 19.7. The molecule has 1 unspecified atom stereocenters. The van der Waals surface area contributed by atoms with Crippen LogP contribution in [0.1, 0.15) is 31.7 Å². The van der Waals surface area contributed by atoms with Gasteiger partial charge in [-0.15, -0.1) is 0 Å². The average Bonchev–Trinajstić information content (AvgIpc) is 2.83. The Morgan fingerprint density at radius 2 is 1.91 bits per heavy atom. The first-order valence-corrected chi connectivity index (χ1v) is 12.6. The summed E-state index contributed by atoms with van der Waals surface area (Å²) >= 11 is 0. The van der Waals surface area contributed by atoms with Gasteiger partial charge in [-0.2, -0.15) is 4.31 Å². The highest BCUT2D eigenvalue weighted by Gasteiger charge is 2.30. The maximum absolute atomic E-state index is 13.0. The van der Waals surface area contributed by atoms with Crippen LogP contribution in [0.15, 0.2) is 23.1 Å². The lowest BCUT2D eigenvalue weighted by Gasteiger charge is -2.31. The van der Waals surface area contributed by atoms with E-state index in [2.05, 4.69) is 5.32 Å². The van der Waals surface area contributed by atoms with Crippen molar-refractivity contribution >= 4 is 33.5 Å². The van der Waals surface area contributed by atoms with Crippen LogP contribution in [0.5, 0.6) is 0 Å². The van der Waals surface area contributed by atoms with Gasteiger partial charge in [0, 0.05) is 38.3 Å². The Labute approximate surface area is 194 Å². The third kappa shape index (κ3) is 6.30. The minimum absolute atomic E-state index is 0.00699. The number of morpholine rings is 1. The van der Waals surface area contributed by atoms with Crippen molar-refractivity contribution in [2.75, 3.05) is 51.3 Å². The summed E-state index contributed by atoms with van der Waals surface area (Å²) < 4.78 is 37.7. The Morgan fingerprint density at radius 1 is 1.18 bits per heavy atom. The molecule has 0 spiro atoms. The summed E-state index contributed by atoms with van der Waals surface area (Å²) in [5.74, 6) is -1.54. The Kier molecular flexibility index (Phi) is 8.44. The third-order valence-electron chi connectivity index (χ3n) is 5.82. The Balaban J connectivity index is 1.58. The van der Waals surface area contributed by atoms with Crippen molar-refractivity contribution < 1.29 is 32.3 Å². The Morgan fingerprint density at radius 3 is 2.61 bits per heavy atom. The maximum Gasteiger partial charge on any atom is 0.311 e. The second kappa shape index (κ2) is 11.1. The number of piperidine rings is 1. The molecular formula is C22H31N3O7S. The number of amides is 2. The first kappa shape index (κ1) is 25.1. The molecule has 1 aromatic rings. The van der Waals surface area contributed by atoms with Gasteiger partial charge in [-0.3, -0.25) is 14.4 Å². The minimum Gasteiger partial charge on any atom is -0.455 e. The molecule has 3 rings (SSSR count). The van der Waals surface area contributed by atoms with Crippen LogP contribution in [0.4, 0.5) is 5.69 Å². The van der Waals surface area contributed by atoms with Crippen LogP contribution in [0, 0.1) is 12.8 Å². The standard InChI is InChI=1S/C22H31N3O7S/c1-3-21(27)24-8-4-5-17(14-24)22(28)32-15-20(26)23-18-7-6-16(2)19(13-18)33(29,30)25-9-11-31-12-10-25/h6-7,13,17H,3-5,8-12,14-15H2,1-2H3,(H,23,26). The van der Waals surface area contributed by atoms with E-state index in [4.69, 9.17) is 9.47 Å². The number of rotatable bonds is 7. The lowest BCUT2D eigenvalue weighted by atomic mass is 9.98. The van der Waals surface area contributed by atoms with Crippen LogP contribution in [-0.4, -0.2) is 81.4 Å². The minimum atomic E-state index is -3.72. The largest absolute Gasteiger partial charge is 0.455 e. The molecule has 2 fully saturated rings. The molecule has 2 aliphatic heterocycles. The summed E-state index contributed by atoms with van der Waals surface area (Å²) in [7, 11) is -3.72. The van der Waals surface area contributed by atoms with E-state index in [0.29, 0.717) is 56.8 Å². The van der Waals surface area contributed by atoms with Gasteiger partial charge >= 0.3 is 5.97 Å². The van der Waals surface area contributed by atoms with Gasteiger partial charge < -0.3 is 19.7 Å². The van der Waals surface area contributed by atoms with Gasteiger partial charge in [0.05, 0.1) is 24.0 Å². The average molecular weight is 482 g/mol. The van der Waals surface area contributed by atoms with E-state index in [1.165, 1.54) is 10.4 Å². The molecule has 10 nitrogen and oxygen atoms in total. The predicted octanol–water partition coefficient (Wildman–Crippen LogP) is 1.15. The van der Waals surface area contributed by atoms with Crippen molar-refractivity contribution in [1.82, 2.24) is 9.21 Å². The van der Waals surface area contributed by atoms with E-state index < -0.39 is 34.4 Å². The number of ether oxygens (including phenoxy) is 2. The van der Waals surface area contributed by atoms with Crippen molar-refractivity contribution in [3.05, 3.63) is 23.8 Å². The number of nitrogens with zero attached hydrogens (tertiary/aromatic N) is 2. The number of benzene rings is 1. The third-order valence-corrected chi connectivity index (χ3v) is 7.86. The molecule has 2 heterocycles. The molecule has 11 heteroatoms. The van der Waals surface area contributed by atoms with E-state index >= 15 is 0 Å². The van der Waals surface area contributed by atoms with E-state index in [9.17, 15) is 22.8 Å². The molecular weight excluding hydrogens is 450 g/mol. The van der Waals surface area contributed by atoms with Gasteiger partial charge in [0.25, 0.3) is 5.91 Å². The Bertz CT molecular complexity index is 990. The summed E-state index contributed by atoms with van der Waals surface area (Å²) in [4.78, 5) is 38.4. The smallest absolute Gasteiger partial charge is 0.311 e. The quantitative estimate of drug-likeness (QED) is 0.580. The molecule has 2 aliphatic rings. The molecule has 0 aliphatic carbocycles. The Hall–Kier alpha value is -2.50. The molecule has 0 saturated carbocycles. The highest BCUT2D eigenvalue weighted by Crippen LogP contribution is 2.24. The van der Waals surface area contributed by atoms with Crippen molar-refractivity contribution in [2.24, 2.45) is 5.92 Å². The number of carbonyl (C=O) groups excluding carboxylic acids is 3. The molecule has 2 amide bonds. The molecule has 1 N–H and O–H groups in total. The van der Waals surface area contributed by atoms with E-state index in [1.807, 2.05) is 0 Å². The fraction of sp³-hybridized carbons (Fsp3) is 0.591. The number of nitrogens with one attached hydrogen (secondary N) is 1. The van der Waals surface area contributed by atoms with Crippen molar-refractivity contribution in [1.29, 1.82) is 0 Å². The van der Waals surface area contributed by atoms with E-state index in [0.717, 1.165) is 0 Å². The zero-order valence-corrected chi connectivity index (χ0v) is 19.9. The molecule has 0 aromatic heterocycles. The summed E-state index contributed by atoms with van der Waals surface area (Å²) in [5, 5.41) is 2.59. The van der Waals surface area contributed by atoms with Crippen molar-refractivity contribution in [3.8, 4) is 0 Å². The highest BCUT2D eigenvalue weighted by atomic mass is 32.2. The number of sulfonamides is 1. The number of anilines is 1. The van der Waals surface area contributed by atoms with Gasteiger partial charge in [-0.05, 0) is 37.5 Å². The number of hydrogen-bond acceptors (Lipinski definition) is 7. The molecule has 33 heavy (non-hydrogen) atoms. The van der Waals surface area contributed by atoms with Crippen LogP contribution in [0.2, 0.25) is 0 Å². The maximum atomic E-state index is 13.0. The summed E-state index contributed by atoms with van der Waals surface area (Å²) in [5.41, 5.74) is 0.861. The van der Waals surface area contributed by atoms with Crippen molar-refractivity contribution in [2.45, 2.75) is 38.0 Å². The van der Waals surface area contributed by atoms with Crippen molar-refractivity contribution in [3.63, 3.8) is 0 Å². The molecule has 1 atom stereocenters. The first-order chi connectivity index (χ1) is 15.7. The molecule has 1 aromatic carbocycles. The van der Waals surface area contributed by atoms with Crippen LogP contribution >= 0.6 is 0 Å². The first-order valence-electron chi connectivity index (χ1n) is 11.1. The fourth-order valence-corrected chi connectivity index (χ4v) is 5.61. The van der Waals surface area contributed by atoms with Crippen LogP contribution in [0.25, 0.3) is 0 Å². The second-order valence-electron chi connectivity index (χ2n) is 8.19. The zero-order valence-electron chi connectivity index (χ0n) is 19.0. The fourth-order valence-electron chi connectivity index (χ4n) is 3.95. The number of hydrogen-bond donors (Lipinski definition) is 1. The monoisotopic (exact) mass is 481 g/mol. The van der Waals surface area contributed by atoms with E-state index in [1.54, 1.807) is 30.9 Å². The summed E-state index contributed by atoms with van der Waals surface area (Å²) in [6, 6.07) is 4.63. The van der Waals surface area contributed by atoms with Crippen LogP contribution in [0.3, 0.4) is 0 Å². The molecule has 182 valence electrons. The second-order valence-corrected chi connectivity index (χ2v) is 10.1. The highest BCUT2D eigenvalue weighted by molar-refractivity contribution is 7.89. The topological polar surface area (TPSA) is 122 Å². The predicted molar refractivity (Wildman–Crippen MR) is 120 cm³/mol. The van der Waals surface area contributed by atoms with Gasteiger partial charge in [0.15, 0.2) is 6.61 Å². The molecule has 0 bridgehead atoms. The lowest BCUT2D eigenvalue weighted by Crippen LogP contribution is -2.42. The SMILES string of the molecule is CCC(=O)N1CCCC(C(=O)OCC(=O)Nc2ccc(C)c(S(=O)(=O)N3CCOCC3)c2)C1. The summed E-state index contributed by atoms with van der Waals surface area (Å²) in [6.07, 6.45) is 1.69. The summed E-state index contributed by atoms with van der Waals surface area (Å²) in [6.45, 7) is 5.13.